The lowest BCUT2D eigenvalue weighted by molar-refractivity contribution is 0.120. The van der Waals surface area contributed by atoms with E-state index in [1.54, 1.807) is 0 Å². The van der Waals surface area contributed by atoms with E-state index in [1.165, 1.54) is 19.4 Å². The second-order valence-corrected chi connectivity index (χ2v) is 5.14. The summed E-state index contributed by atoms with van der Waals surface area (Å²) in [6.07, 6.45) is 2.86. The number of piperazine rings is 1. The van der Waals surface area contributed by atoms with Crippen LogP contribution in [0.4, 0.5) is 0 Å². The number of hydrogen-bond acceptors (Lipinski definition) is 3. The maximum Gasteiger partial charge on any atom is 0.0323 e. The van der Waals surface area contributed by atoms with Gasteiger partial charge in [-0.1, -0.05) is 0 Å². The van der Waals surface area contributed by atoms with E-state index in [4.69, 9.17) is 0 Å². The fourth-order valence-corrected chi connectivity index (χ4v) is 2.43. The molecule has 1 aliphatic carbocycles. The Morgan fingerprint density at radius 2 is 2.07 bits per heavy atom. The zero-order valence-electron chi connectivity index (χ0n) is 9.66. The van der Waals surface area contributed by atoms with E-state index < -0.39 is 0 Å². The smallest absolute Gasteiger partial charge is 0.0323 e. The molecule has 0 bridgehead atoms. The van der Waals surface area contributed by atoms with E-state index in [1.807, 2.05) is 0 Å². The molecule has 14 heavy (non-hydrogen) atoms. The van der Waals surface area contributed by atoms with Crippen molar-refractivity contribution in [3.63, 3.8) is 0 Å². The highest BCUT2D eigenvalue weighted by molar-refractivity contribution is 4.94. The van der Waals surface area contributed by atoms with Crippen molar-refractivity contribution in [1.29, 1.82) is 0 Å². The van der Waals surface area contributed by atoms with Crippen LogP contribution in [0.2, 0.25) is 0 Å². The molecule has 1 heterocycles. The molecule has 0 amide bonds. The van der Waals surface area contributed by atoms with Crippen LogP contribution in [-0.4, -0.2) is 61.7 Å². The highest BCUT2D eigenvalue weighted by atomic mass is 15.3. The third kappa shape index (κ3) is 2.47. The Kier molecular flexibility index (Phi) is 3.10. The van der Waals surface area contributed by atoms with Crippen LogP contribution in [0.3, 0.4) is 0 Å². The standard InChI is InChI=1S/C11H23N3/c1-9-6-12-10(7-13(2)3)8-14(9)11-4-5-11/h9-12H,4-8H2,1-3H3. The summed E-state index contributed by atoms with van der Waals surface area (Å²) in [6.45, 7) is 5.91. The molecule has 1 N–H and O–H groups in total. The first-order valence-electron chi connectivity index (χ1n) is 5.80. The Labute approximate surface area is 87.4 Å². The average molecular weight is 197 g/mol. The van der Waals surface area contributed by atoms with Crippen molar-refractivity contribution in [3.05, 3.63) is 0 Å². The molecule has 0 aromatic heterocycles. The second-order valence-electron chi connectivity index (χ2n) is 5.14. The molecule has 3 nitrogen and oxygen atoms in total. The lowest BCUT2D eigenvalue weighted by Crippen LogP contribution is -2.58. The monoisotopic (exact) mass is 197 g/mol. The zero-order valence-corrected chi connectivity index (χ0v) is 9.66. The van der Waals surface area contributed by atoms with Gasteiger partial charge in [-0.3, -0.25) is 4.90 Å². The summed E-state index contributed by atoms with van der Waals surface area (Å²) in [5, 5.41) is 3.63. The fraction of sp³-hybridized carbons (Fsp3) is 1.00. The van der Waals surface area contributed by atoms with Gasteiger partial charge in [0.05, 0.1) is 0 Å². The van der Waals surface area contributed by atoms with Crippen molar-refractivity contribution in [2.24, 2.45) is 0 Å². The van der Waals surface area contributed by atoms with Crippen LogP contribution in [0.15, 0.2) is 0 Å². The molecule has 2 aliphatic rings. The van der Waals surface area contributed by atoms with E-state index in [2.05, 4.69) is 36.1 Å². The van der Waals surface area contributed by atoms with Crippen LogP contribution in [0.1, 0.15) is 19.8 Å². The van der Waals surface area contributed by atoms with E-state index in [0.717, 1.165) is 25.2 Å². The van der Waals surface area contributed by atoms with Crippen LogP contribution in [0.25, 0.3) is 0 Å². The second kappa shape index (κ2) is 4.17. The summed E-state index contributed by atoms with van der Waals surface area (Å²) in [6, 6.07) is 2.32. The van der Waals surface area contributed by atoms with Gasteiger partial charge < -0.3 is 10.2 Å². The molecule has 1 aliphatic heterocycles. The molecule has 2 fully saturated rings. The summed E-state index contributed by atoms with van der Waals surface area (Å²) in [4.78, 5) is 4.98. The molecule has 2 rings (SSSR count). The molecule has 0 spiro atoms. The highest BCUT2D eigenvalue weighted by Gasteiger charge is 2.35. The van der Waals surface area contributed by atoms with E-state index in [0.29, 0.717) is 6.04 Å². The van der Waals surface area contributed by atoms with Crippen LogP contribution < -0.4 is 5.32 Å². The van der Waals surface area contributed by atoms with Gasteiger partial charge in [0, 0.05) is 37.8 Å². The minimum absolute atomic E-state index is 0.668. The number of nitrogens with zero attached hydrogens (tertiary/aromatic N) is 2. The van der Waals surface area contributed by atoms with Crippen molar-refractivity contribution in [1.82, 2.24) is 15.1 Å². The predicted molar refractivity (Wildman–Crippen MR) is 59.5 cm³/mol. The maximum atomic E-state index is 3.63. The normalized spacial score (nSPS) is 35.1. The van der Waals surface area contributed by atoms with Crippen LogP contribution >= 0.6 is 0 Å². The molecule has 3 heteroatoms. The third-order valence-corrected chi connectivity index (χ3v) is 3.30. The average Bonchev–Trinajstić information content (AvgIpc) is 2.90. The summed E-state index contributed by atoms with van der Waals surface area (Å²) in [5.74, 6) is 0. The SMILES string of the molecule is CC1CNC(CN(C)C)CN1C1CC1. The Bertz CT molecular complexity index is 189. The number of likely N-dealkylation sites (N-methyl/N-ethyl adjacent to an activating group) is 1. The summed E-state index contributed by atoms with van der Waals surface area (Å²) in [7, 11) is 4.31. The zero-order chi connectivity index (χ0) is 10.1. The summed E-state index contributed by atoms with van der Waals surface area (Å²) >= 11 is 0. The molecule has 1 saturated heterocycles. The topological polar surface area (TPSA) is 18.5 Å². The van der Waals surface area contributed by atoms with Gasteiger partial charge in [0.1, 0.15) is 0 Å². The largest absolute Gasteiger partial charge is 0.310 e. The van der Waals surface area contributed by atoms with Crippen molar-refractivity contribution in [3.8, 4) is 0 Å². The van der Waals surface area contributed by atoms with Crippen LogP contribution in [0.5, 0.6) is 0 Å². The van der Waals surface area contributed by atoms with Gasteiger partial charge in [-0.05, 0) is 33.9 Å². The Balaban J connectivity index is 1.85. The van der Waals surface area contributed by atoms with E-state index in [-0.39, 0.29) is 0 Å². The minimum atomic E-state index is 0.668. The van der Waals surface area contributed by atoms with Crippen molar-refractivity contribution >= 4 is 0 Å². The predicted octanol–water partition coefficient (Wildman–Crippen LogP) is 0.373. The number of nitrogens with one attached hydrogen (secondary N) is 1. The molecule has 2 atom stereocenters. The van der Waals surface area contributed by atoms with Gasteiger partial charge in [-0.15, -0.1) is 0 Å². The summed E-state index contributed by atoms with van der Waals surface area (Å²) < 4.78 is 0. The van der Waals surface area contributed by atoms with Crippen LogP contribution in [0, 0.1) is 0 Å². The van der Waals surface area contributed by atoms with Crippen LogP contribution in [-0.2, 0) is 0 Å². The van der Waals surface area contributed by atoms with Crippen molar-refractivity contribution < 1.29 is 0 Å². The van der Waals surface area contributed by atoms with Gasteiger partial charge in [0.2, 0.25) is 0 Å². The first-order chi connectivity index (χ1) is 6.66. The Morgan fingerprint density at radius 1 is 1.36 bits per heavy atom. The molecule has 0 aromatic carbocycles. The third-order valence-electron chi connectivity index (χ3n) is 3.30. The van der Waals surface area contributed by atoms with Crippen molar-refractivity contribution in [2.45, 2.75) is 37.9 Å². The molecular formula is C11H23N3. The lowest BCUT2D eigenvalue weighted by atomic mass is 10.1. The fourth-order valence-electron chi connectivity index (χ4n) is 2.43. The first kappa shape index (κ1) is 10.4. The molecule has 0 radical (unpaired) electrons. The molecule has 1 saturated carbocycles. The highest BCUT2D eigenvalue weighted by Crippen LogP contribution is 2.29. The molecule has 2 unspecified atom stereocenters. The van der Waals surface area contributed by atoms with Crippen molar-refractivity contribution in [2.75, 3.05) is 33.7 Å². The van der Waals surface area contributed by atoms with Gasteiger partial charge in [-0.2, -0.15) is 0 Å². The van der Waals surface area contributed by atoms with Gasteiger partial charge >= 0.3 is 0 Å². The van der Waals surface area contributed by atoms with E-state index in [9.17, 15) is 0 Å². The first-order valence-corrected chi connectivity index (χ1v) is 5.80. The Morgan fingerprint density at radius 3 is 2.64 bits per heavy atom. The minimum Gasteiger partial charge on any atom is -0.310 e. The Hall–Kier alpha value is -0.120. The van der Waals surface area contributed by atoms with Gasteiger partial charge in [0.15, 0.2) is 0 Å². The summed E-state index contributed by atoms with van der Waals surface area (Å²) in [5.41, 5.74) is 0. The maximum absolute atomic E-state index is 3.63. The van der Waals surface area contributed by atoms with Gasteiger partial charge in [-0.25, -0.2) is 0 Å². The lowest BCUT2D eigenvalue weighted by Gasteiger charge is -2.39. The quantitative estimate of drug-likeness (QED) is 0.705. The number of hydrogen-bond donors (Lipinski definition) is 1. The number of rotatable bonds is 3. The molecular weight excluding hydrogens is 174 g/mol. The molecule has 0 aromatic rings. The van der Waals surface area contributed by atoms with E-state index >= 15 is 0 Å². The van der Waals surface area contributed by atoms with Gasteiger partial charge in [0.25, 0.3) is 0 Å². The molecule has 82 valence electrons.